The molecule has 0 bridgehead atoms. The van der Waals surface area contributed by atoms with Crippen LogP contribution < -0.4 is 10.7 Å². The van der Waals surface area contributed by atoms with Gasteiger partial charge in [-0.3, -0.25) is 15.2 Å². The quantitative estimate of drug-likeness (QED) is 0.663. The zero-order chi connectivity index (χ0) is 20.0. The normalized spacial score (nSPS) is 18.5. The van der Waals surface area contributed by atoms with Crippen molar-refractivity contribution in [2.75, 3.05) is 12.5 Å². The van der Waals surface area contributed by atoms with Gasteiger partial charge in [-0.05, 0) is 30.9 Å². The Labute approximate surface area is 166 Å². The van der Waals surface area contributed by atoms with Gasteiger partial charge in [0.25, 0.3) is 0 Å². The zero-order valence-electron chi connectivity index (χ0n) is 15.7. The molecule has 2 atom stereocenters. The maximum absolute atomic E-state index is 13.4. The Kier molecular flexibility index (Phi) is 4.01. The molecular weight excluding hydrogens is 370 g/mol. The Hall–Kier alpha value is -3.75. The first-order valence-electron chi connectivity index (χ1n) is 9.43. The highest BCUT2D eigenvalue weighted by Crippen LogP contribution is 2.57. The molecule has 1 saturated carbocycles. The van der Waals surface area contributed by atoms with E-state index in [0.717, 1.165) is 29.1 Å². The maximum Gasteiger partial charge on any atom is 0.343 e. The SMILES string of the molecule is CNC(=O)N(Nc1ccccc1)C(=O)c1nn(-c2cnccn2)c2c1C[C@H]1C[C@@H]21. The van der Waals surface area contributed by atoms with Gasteiger partial charge < -0.3 is 5.32 Å². The van der Waals surface area contributed by atoms with E-state index in [4.69, 9.17) is 0 Å². The molecule has 1 fully saturated rings. The Bertz CT molecular complexity index is 1080. The summed E-state index contributed by atoms with van der Waals surface area (Å²) in [6, 6.07) is 8.50. The first-order chi connectivity index (χ1) is 14.2. The number of hydrogen-bond donors (Lipinski definition) is 2. The number of hydrogen-bond acceptors (Lipinski definition) is 6. The number of benzene rings is 1. The smallest absolute Gasteiger partial charge is 0.339 e. The standard InChI is InChI=1S/C20H19N7O2/c1-21-20(29)27(24-13-5-3-2-4-6-13)19(28)17-15-10-12-9-14(12)18(15)26(25-17)16-11-22-7-8-23-16/h2-8,11-12,14,24H,9-10H2,1H3,(H,21,29)/t12-,14-/m1/s1. The summed E-state index contributed by atoms with van der Waals surface area (Å²) in [6.45, 7) is 0. The fourth-order valence-corrected chi connectivity index (χ4v) is 3.92. The number of carbonyl (C=O) groups is 2. The number of nitrogens with zero attached hydrogens (tertiary/aromatic N) is 5. The maximum atomic E-state index is 13.4. The average Bonchev–Trinajstić information content (AvgIpc) is 3.27. The summed E-state index contributed by atoms with van der Waals surface area (Å²) < 4.78 is 1.71. The lowest BCUT2D eigenvalue weighted by molar-refractivity contribution is 0.0824. The zero-order valence-corrected chi connectivity index (χ0v) is 15.7. The van der Waals surface area contributed by atoms with E-state index in [1.54, 1.807) is 35.4 Å². The minimum atomic E-state index is -0.565. The predicted molar refractivity (Wildman–Crippen MR) is 104 cm³/mol. The number of amides is 3. The number of imide groups is 1. The monoisotopic (exact) mass is 389 g/mol. The molecule has 0 saturated heterocycles. The molecule has 0 radical (unpaired) electrons. The molecular formula is C20H19N7O2. The van der Waals surface area contributed by atoms with Crippen LogP contribution in [0, 0.1) is 5.92 Å². The Morgan fingerprint density at radius 3 is 2.76 bits per heavy atom. The molecule has 2 aliphatic carbocycles. The molecule has 2 aliphatic rings. The third kappa shape index (κ3) is 2.91. The molecule has 2 N–H and O–H groups in total. The third-order valence-electron chi connectivity index (χ3n) is 5.37. The van der Waals surface area contributed by atoms with Crippen LogP contribution in [-0.2, 0) is 6.42 Å². The van der Waals surface area contributed by atoms with Gasteiger partial charge in [0, 0.05) is 30.9 Å². The minimum absolute atomic E-state index is 0.268. The summed E-state index contributed by atoms with van der Waals surface area (Å²) in [7, 11) is 1.48. The molecule has 9 heteroatoms. The van der Waals surface area contributed by atoms with Gasteiger partial charge in [0.2, 0.25) is 0 Å². The highest BCUT2D eigenvalue weighted by atomic mass is 16.2. The fourth-order valence-electron chi connectivity index (χ4n) is 3.92. The number of para-hydroxylation sites is 1. The van der Waals surface area contributed by atoms with Crippen molar-refractivity contribution >= 4 is 17.6 Å². The molecule has 0 spiro atoms. The fraction of sp³-hybridized carbons (Fsp3) is 0.250. The van der Waals surface area contributed by atoms with Gasteiger partial charge in [0.15, 0.2) is 11.5 Å². The summed E-state index contributed by atoms with van der Waals surface area (Å²) in [6.07, 6.45) is 6.69. The number of urea groups is 1. The van der Waals surface area contributed by atoms with Crippen molar-refractivity contribution in [3.63, 3.8) is 0 Å². The van der Waals surface area contributed by atoms with Crippen LogP contribution in [-0.4, -0.2) is 43.7 Å². The summed E-state index contributed by atoms with van der Waals surface area (Å²) in [5.41, 5.74) is 5.68. The predicted octanol–water partition coefficient (Wildman–Crippen LogP) is 2.13. The molecule has 2 aromatic heterocycles. The van der Waals surface area contributed by atoms with Crippen LogP contribution in [0.2, 0.25) is 0 Å². The number of hydrazine groups is 1. The van der Waals surface area contributed by atoms with E-state index in [9.17, 15) is 9.59 Å². The van der Waals surface area contributed by atoms with E-state index < -0.39 is 11.9 Å². The summed E-state index contributed by atoms with van der Waals surface area (Å²) >= 11 is 0. The van der Waals surface area contributed by atoms with Crippen LogP contribution in [0.3, 0.4) is 0 Å². The van der Waals surface area contributed by atoms with Gasteiger partial charge in [-0.25, -0.2) is 14.5 Å². The number of fused-ring (bicyclic) bond motifs is 3. The van der Waals surface area contributed by atoms with Crippen molar-refractivity contribution in [2.45, 2.75) is 18.8 Å². The topological polar surface area (TPSA) is 105 Å². The molecule has 3 amide bonds. The van der Waals surface area contributed by atoms with E-state index >= 15 is 0 Å². The second-order valence-corrected chi connectivity index (χ2v) is 7.17. The highest BCUT2D eigenvalue weighted by Gasteiger charge is 2.50. The average molecular weight is 389 g/mol. The molecule has 5 rings (SSSR count). The molecule has 0 unspecified atom stereocenters. The minimum Gasteiger partial charge on any atom is -0.339 e. The largest absolute Gasteiger partial charge is 0.343 e. The van der Waals surface area contributed by atoms with Gasteiger partial charge in [-0.1, -0.05) is 18.2 Å². The first kappa shape index (κ1) is 17.4. The number of nitrogens with one attached hydrogen (secondary N) is 2. The van der Waals surface area contributed by atoms with Crippen molar-refractivity contribution in [3.05, 3.63) is 65.9 Å². The Morgan fingerprint density at radius 2 is 2.03 bits per heavy atom. The summed E-state index contributed by atoms with van der Waals surface area (Å²) in [5.74, 6) is 0.982. The van der Waals surface area contributed by atoms with Gasteiger partial charge >= 0.3 is 11.9 Å². The van der Waals surface area contributed by atoms with E-state index in [2.05, 4.69) is 25.8 Å². The lowest BCUT2D eigenvalue weighted by Crippen LogP contribution is -2.46. The van der Waals surface area contributed by atoms with Crippen LogP contribution in [0.1, 0.15) is 34.1 Å². The van der Waals surface area contributed by atoms with Crippen LogP contribution in [0.15, 0.2) is 48.9 Å². The third-order valence-corrected chi connectivity index (χ3v) is 5.37. The van der Waals surface area contributed by atoms with Crippen LogP contribution in [0.4, 0.5) is 10.5 Å². The molecule has 29 heavy (non-hydrogen) atoms. The molecule has 1 aromatic carbocycles. The second-order valence-electron chi connectivity index (χ2n) is 7.17. The van der Waals surface area contributed by atoms with Crippen LogP contribution in [0.5, 0.6) is 0 Å². The van der Waals surface area contributed by atoms with E-state index in [-0.39, 0.29) is 5.69 Å². The Morgan fingerprint density at radius 1 is 1.21 bits per heavy atom. The lowest BCUT2D eigenvalue weighted by atomic mass is 10.1. The number of rotatable bonds is 4. The van der Waals surface area contributed by atoms with Crippen LogP contribution >= 0.6 is 0 Å². The molecule has 2 heterocycles. The van der Waals surface area contributed by atoms with Crippen LogP contribution in [0.25, 0.3) is 5.82 Å². The summed E-state index contributed by atoms with van der Waals surface area (Å²) in [5, 5.41) is 8.03. The number of carbonyl (C=O) groups excluding carboxylic acids is 2. The van der Waals surface area contributed by atoms with E-state index in [1.165, 1.54) is 7.05 Å². The van der Waals surface area contributed by atoms with Gasteiger partial charge in [-0.2, -0.15) is 10.1 Å². The van der Waals surface area contributed by atoms with Gasteiger partial charge in [0.05, 0.1) is 17.6 Å². The lowest BCUT2D eigenvalue weighted by Gasteiger charge is -2.21. The van der Waals surface area contributed by atoms with Crippen molar-refractivity contribution < 1.29 is 9.59 Å². The summed E-state index contributed by atoms with van der Waals surface area (Å²) in [4.78, 5) is 34.3. The number of aromatic nitrogens is 4. The molecule has 0 aliphatic heterocycles. The molecule has 146 valence electrons. The van der Waals surface area contributed by atoms with E-state index in [1.807, 2.05) is 18.2 Å². The van der Waals surface area contributed by atoms with Crippen molar-refractivity contribution in [1.82, 2.24) is 30.1 Å². The Balaban J connectivity index is 1.55. The van der Waals surface area contributed by atoms with Crippen molar-refractivity contribution in [3.8, 4) is 5.82 Å². The number of anilines is 1. The van der Waals surface area contributed by atoms with E-state index in [0.29, 0.717) is 23.3 Å². The molecule has 9 nitrogen and oxygen atoms in total. The van der Waals surface area contributed by atoms with Gasteiger partial charge in [-0.15, -0.1) is 0 Å². The van der Waals surface area contributed by atoms with Crippen molar-refractivity contribution in [1.29, 1.82) is 0 Å². The molecule has 3 aromatic rings. The highest BCUT2D eigenvalue weighted by molar-refractivity contribution is 6.05. The van der Waals surface area contributed by atoms with Crippen molar-refractivity contribution in [2.24, 2.45) is 5.92 Å². The first-order valence-corrected chi connectivity index (χ1v) is 9.43. The van der Waals surface area contributed by atoms with Gasteiger partial charge in [0.1, 0.15) is 0 Å². The second kappa shape index (κ2) is 6.69.